The zero-order valence-corrected chi connectivity index (χ0v) is 9.87. The molecule has 0 spiro atoms. The van der Waals surface area contributed by atoms with Crippen molar-refractivity contribution in [3.8, 4) is 0 Å². The van der Waals surface area contributed by atoms with Crippen molar-refractivity contribution in [1.29, 1.82) is 0 Å². The molecular weight excluding hydrogens is 221 g/mol. The minimum Gasteiger partial charge on any atom is -0.383 e. The summed E-state index contributed by atoms with van der Waals surface area (Å²) in [4.78, 5) is 0. The van der Waals surface area contributed by atoms with Crippen LogP contribution < -0.4 is 16.2 Å². The summed E-state index contributed by atoms with van der Waals surface area (Å²) in [5.74, 6) is -0.194. The molecule has 0 aliphatic carbocycles. The van der Waals surface area contributed by atoms with Crippen LogP contribution in [0.4, 0.5) is 4.39 Å². The number of ether oxygens (including phenoxy) is 1. The molecule has 0 amide bonds. The largest absolute Gasteiger partial charge is 0.383 e. The van der Waals surface area contributed by atoms with Gasteiger partial charge in [-0.3, -0.25) is 5.32 Å². The molecule has 0 saturated carbocycles. The van der Waals surface area contributed by atoms with Crippen LogP contribution in [0.1, 0.15) is 18.0 Å². The third-order valence-corrected chi connectivity index (χ3v) is 2.85. The van der Waals surface area contributed by atoms with Crippen molar-refractivity contribution in [2.75, 3.05) is 20.3 Å². The molecule has 1 aliphatic rings. The van der Waals surface area contributed by atoms with Gasteiger partial charge in [-0.2, -0.15) is 0 Å². The Morgan fingerprint density at radius 3 is 3.12 bits per heavy atom. The molecule has 2 unspecified atom stereocenters. The summed E-state index contributed by atoms with van der Waals surface area (Å²) in [6.07, 6.45) is 1.08. The summed E-state index contributed by atoms with van der Waals surface area (Å²) < 4.78 is 18.1. The van der Waals surface area contributed by atoms with E-state index in [2.05, 4.69) is 16.2 Å². The normalized spacial score (nSPS) is 24.1. The van der Waals surface area contributed by atoms with E-state index in [1.54, 1.807) is 19.2 Å². The van der Waals surface area contributed by atoms with Gasteiger partial charge in [-0.25, -0.2) is 15.2 Å². The number of hydrogen-bond acceptors (Lipinski definition) is 4. The molecule has 1 aromatic carbocycles. The Labute approximate surface area is 101 Å². The lowest BCUT2D eigenvalue weighted by molar-refractivity contribution is 0.194. The molecule has 0 bridgehead atoms. The van der Waals surface area contributed by atoms with Crippen molar-refractivity contribution in [3.05, 3.63) is 35.6 Å². The highest BCUT2D eigenvalue weighted by molar-refractivity contribution is 5.21. The van der Waals surface area contributed by atoms with Gasteiger partial charge in [0, 0.05) is 19.7 Å². The zero-order chi connectivity index (χ0) is 12.1. The van der Waals surface area contributed by atoms with Crippen LogP contribution in [-0.4, -0.2) is 26.4 Å². The summed E-state index contributed by atoms with van der Waals surface area (Å²) in [5, 5.41) is 3.30. The Morgan fingerprint density at radius 2 is 2.35 bits per heavy atom. The number of halogens is 1. The average Bonchev–Trinajstić information content (AvgIpc) is 2.78. The summed E-state index contributed by atoms with van der Waals surface area (Å²) in [7, 11) is 1.68. The fraction of sp³-hybridized carbons (Fsp3) is 0.500. The fourth-order valence-corrected chi connectivity index (χ4v) is 1.97. The first-order valence-corrected chi connectivity index (χ1v) is 5.78. The van der Waals surface area contributed by atoms with Gasteiger partial charge in [0.25, 0.3) is 0 Å². The molecular formula is C12H18FN3O. The summed E-state index contributed by atoms with van der Waals surface area (Å²) in [5.41, 5.74) is 7.27. The molecule has 5 heteroatoms. The Kier molecular flexibility index (Phi) is 4.44. The molecule has 17 heavy (non-hydrogen) atoms. The molecule has 1 saturated heterocycles. The lowest BCUT2D eigenvalue weighted by Crippen LogP contribution is -2.42. The minimum absolute atomic E-state index is 0.144. The molecule has 2 rings (SSSR count). The predicted octanol–water partition coefficient (Wildman–Crippen LogP) is 0.927. The first kappa shape index (κ1) is 12.4. The van der Waals surface area contributed by atoms with Gasteiger partial charge in [-0.15, -0.1) is 0 Å². The van der Waals surface area contributed by atoms with Gasteiger partial charge in [0.15, 0.2) is 0 Å². The van der Waals surface area contributed by atoms with Gasteiger partial charge in [0.1, 0.15) is 5.82 Å². The van der Waals surface area contributed by atoms with Crippen molar-refractivity contribution in [2.24, 2.45) is 0 Å². The number of hydrazine groups is 1. The summed E-state index contributed by atoms with van der Waals surface area (Å²) in [6.45, 7) is 1.48. The van der Waals surface area contributed by atoms with E-state index >= 15 is 0 Å². The smallest absolute Gasteiger partial charge is 0.123 e. The Morgan fingerprint density at radius 1 is 1.47 bits per heavy atom. The maximum absolute atomic E-state index is 13.1. The monoisotopic (exact) mass is 239 g/mol. The predicted molar refractivity (Wildman–Crippen MR) is 63.7 cm³/mol. The van der Waals surface area contributed by atoms with E-state index in [9.17, 15) is 4.39 Å². The number of hydrogen-bond donors (Lipinski definition) is 3. The molecule has 1 heterocycles. The minimum atomic E-state index is -0.194. The van der Waals surface area contributed by atoms with E-state index in [0.29, 0.717) is 6.61 Å². The van der Waals surface area contributed by atoms with Crippen molar-refractivity contribution >= 4 is 0 Å². The van der Waals surface area contributed by atoms with Crippen molar-refractivity contribution in [1.82, 2.24) is 16.2 Å². The third kappa shape index (κ3) is 3.47. The molecule has 94 valence electrons. The summed E-state index contributed by atoms with van der Waals surface area (Å²) >= 11 is 0. The average molecular weight is 239 g/mol. The van der Waals surface area contributed by atoms with Crippen LogP contribution in [0.15, 0.2) is 24.3 Å². The van der Waals surface area contributed by atoms with E-state index in [1.807, 2.05) is 6.07 Å². The number of benzene rings is 1. The first-order chi connectivity index (χ1) is 8.29. The van der Waals surface area contributed by atoms with E-state index in [4.69, 9.17) is 4.74 Å². The van der Waals surface area contributed by atoms with Gasteiger partial charge in [-0.1, -0.05) is 12.1 Å². The second-order valence-electron chi connectivity index (χ2n) is 4.13. The Balaban J connectivity index is 1.85. The molecule has 1 fully saturated rings. The number of methoxy groups -OCH3 is 1. The van der Waals surface area contributed by atoms with E-state index < -0.39 is 0 Å². The number of nitrogens with one attached hydrogen (secondary N) is 3. The van der Waals surface area contributed by atoms with Crippen LogP contribution in [-0.2, 0) is 4.74 Å². The van der Waals surface area contributed by atoms with Crippen LogP contribution in [0, 0.1) is 5.82 Å². The zero-order valence-electron chi connectivity index (χ0n) is 9.87. The highest BCUT2D eigenvalue weighted by Gasteiger charge is 2.24. The standard InChI is InChI=1S/C12H18FN3O/c1-17-6-5-14-12-8-11(15-16-12)9-3-2-4-10(13)7-9/h2-4,7,11-12,14-16H,5-6,8H2,1H3. The van der Waals surface area contributed by atoms with Crippen LogP contribution in [0.25, 0.3) is 0 Å². The van der Waals surface area contributed by atoms with Gasteiger partial charge in [0.2, 0.25) is 0 Å². The third-order valence-electron chi connectivity index (χ3n) is 2.85. The van der Waals surface area contributed by atoms with Crippen LogP contribution in [0.5, 0.6) is 0 Å². The SMILES string of the molecule is COCCNC1CC(c2cccc(F)c2)NN1. The Hall–Kier alpha value is -1.01. The second-order valence-corrected chi connectivity index (χ2v) is 4.13. The van der Waals surface area contributed by atoms with Crippen molar-refractivity contribution in [3.63, 3.8) is 0 Å². The molecule has 0 radical (unpaired) electrons. The molecule has 0 aromatic heterocycles. The lowest BCUT2D eigenvalue weighted by Gasteiger charge is -2.11. The molecule has 1 aliphatic heterocycles. The maximum atomic E-state index is 13.1. The quantitative estimate of drug-likeness (QED) is 0.669. The highest BCUT2D eigenvalue weighted by Crippen LogP contribution is 2.21. The molecule has 4 nitrogen and oxygen atoms in total. The summed E-state index contributed by atoms with van der Waals surface area (Å²) in [6, 6.07) is 6.83. The van der Waals surface area contributed by atoms with E-state index in [0.717, 1.165) is 18.5 Å². The fourth-order valence-electron chi connectivity index (χ4n) is 1.97. The molecule has 1 aromatic rings. The topological polar surface area (TPSA) is 45.3 Å². The first-order valence-electron chi connectivity index (χ1n) is 5.78. The van der Waals surface area contributed by atoms with E-state index in [1.165, 1.54) is 6.07 Å². The Bertz CT molecular complexity index is 361. The molecule has 2 atom stereocenters. The van der Waals surface area contributed by atoms with Gasteiger partial charge in [0.05, 0.1) is 12.8 Å². The van der Waals surface area contributed by atoms with Crippen molar-refractivity contribution in [2.45, 2.75) is 18.6 Å². The van der Waals surface area contributed by atoms with Crippen LogP contribution in [0.2, 0.25) is 0 Å². The van der Waals surface area contributed by atoms with Crippen LogP contribution in [0.3, 0.4) is 0 Å². The van der Waals surface area contributed by atoms with Crippen molar-refractivity contribution < 1.29 is 9.13 Å². The maximum Gasteiger partial charge on any atom is 0.123 e. The van der Waals surface area contributed by atoms with Crippen LogP contribution >= 0.6 is 0 Å². The highest BCUT2D eigenvalue weighted by atomic mass is 19.1. The second kappa shape index (κ2) is 6.07. The van der Waals surface area contributed by atoms with Gasteiger partial charge < -0.3 is 4.74 Å². The number of rotatable bonds is 5. The van der Waals surface area contributed by atoms with Gasteiger partial charge >= 0.3 is 0 Å². The molecule has 3 N–H and O–H groups in total. The van der Waals surface area contributed by atoms with E-state index in [-0.39, 0.29) is 18.0 Å². The van der Waals surface area contributed by atoms with Gasteiger partial charge in [-0.05, 0) is 24.1 Å². The lowest BCUT2D eigenvalue weighted by atomic mass is 10.0.